The van der Waals surface area contributed by atoms with E-state index >= 15 is 0 Å². The van der Waals surface area contributed by atoms with E-state index in [4.69, 9.17) is 4.52 Å². The minimum absolute atomic E-state index is 0.121. The van der Waals surface area contributed by atoms with Gasteiger partial charge in [0.05, 0.1) is 6.54 Å². The van der Waals surface area contributed by atoms with Crippen molar-refractivity contribution in [3.63, 3.8) is 0 Å². The lowest BCUT2D eigenvalue weighted by atomic mass is 10.4. The number of rotatable bonds is 6. The van der Waals surface area contributed by atoms with E-state index in [1.165, 1.54) is 6.92 Å². The Labute approximate surface area is 109 Å². The lowest BCUT2D eigenvalue weighted by Crippen LogP contribution is -2.35. The van der Waals surface area contributed by atoms with E-state index in [0.717, 1.165) is 0 Å². The molecule has 3 N–H and O–H groups in total. The minimum Gasteiger partial charge on any atom is -0.360 e. The lowest BCUT2D eigenvalue weighted by Gasteiger charge is -2.05. The van der Waals surface area contributed by atoms with Crippen LogP contribution in [-0.4, -0.2) is 36.0 Å². The van der Waals surface area contributed by atoms with Crippen LogP contribution in [0.5, 0.6) is 0 Å². The van der Waals surface area contributed by atoms with Gasteiger partial charge in [0.2, 0.25) is 17.7 Å². The highest BCUT2D eigenvalue weighted by molar-refractivity contribution is 5.93. The largest absolute Gasteiger partial charge is 0.360 e. The van der Waals surface area contributed by atoms with Gasteiger partial charge >= 0.3 is 0 Å². The summed E-state index contributed by atoms with van der Waals surface area (Å²) in [5.41, 5.74) is 0. The summed E-state index contributed by atoms with van der Waals surface area (Å²) in [7, 11) is 0. The van der Waals surface area contributed by atoms with Crippen LogP contribution in [-0.2, 0) is 14.4 Å². The van der Waals surface area contributed by atoms with Crippen LogP contribution < -0.4 is 16.0 Å². The SMILES string of the molecule is CC(=O)NCCC(=O)NCC(=O)Nc1cc(C)on1. The third-order valence-electron chi connectivity index (χ3n) is 2.07. The molecule has 1 aromatic rings. The van der Waals surface area contributed by atoms with Gasteiger partial charge in [-0.2, -0.15) is 0 Å². The van der Waals surface area contributed by atoms with E-state index in [9.17, 15) is 14.4 Å². The molecule has 1 aromatic heterocycles. The van der Waals surface area contributed by atoms with Crippen LogP contribution in [0.2, 0.25) is 0 Å². The summed E-state index contributed by atoms with van der Waals surface area (Å²) in [5.74, 6) is -0.0435. The fourth-order valence-corrected chi connectivity index (χ4v) is 1.23. The highest BCUT2D eigenvalue weighted by atomic mass is 16.5. The van der Waals surface area contributed by atoms with Crippen molar-refractivity contribution >= 4 is 23.5 Å². The number of amides is 3. The van der Waals surface area contributed by atoms with E-state index in [0.29, 0.717) is 11.6 Å². The summed E-state index contributed by atoms with van der Waals surface area (Å²) >= 11 is 0. The van der Waals surface area contributed by atoms with Crippen LogP contribution in [0, 0.1) is 6.92 Å². The van der Waals surface area contributed by atoms with Gasteiger partial charge in [-0.1, -0.05) is 5.16 Å². The quantitative estimate of drug-likeness (QED) is 0.647. The molecular weight excluding hydrogens is 252 g/mol. The molecule has 0 aliphatic rings. The second-order valence-corrected chi connectivity index (χ2v) is 3.88. The number of nitrogens with one attached hydrogen (secondary N) is 3. The van der Waals surface area contributed by atoms with Gasteiger partial charge in [-0.3, -0.25) is 14.4 Å². The van der Waals surface area contributed by atoms with Crippen LogP contribution in [0.25, 0.3) is 0 Å². The Morgan fingerprint density at radius 1 is 1.26 bits per heavy atom. The topological polar surface area (TPSA) is 113 Å². The molecular formula is C11H16N4O4. The minimum atomic E-state index is -0.402. The van der Waals surface area contributed by atoms with Gasteiger partial charge in [0.15, 0.2) is 5.82 Å². The maximum atomic E-state index is 11.4. The van der Waals surface area contributed by atoms with Crippen LogP contribution in [0.4, 0.5) is 5.82 Å². The number of carbonyl (C=O) groups excluding carboxylic acids is 3. The molecule has 1 heterocycles. The Bertz CT molecular complexity index is 469. The van der Waals surface area contributed by atoms with Crippen molar-refractivity contribution in [2.75, 3.05) is 18.4 Å². The maximum absolute atomic E-state index is 11.4. The Hall–Kier alpha value is -2.38. The molecule has 0 radical (unpaired) electrons. The first-order chi connectivity index (χ1) is 8.97. The normalized spacial score (nSPS) is 9.79. The van der Waals surface area contributed by atoms with E-state index in [2.05, 4.69) is 21.1 Å². The number of carbonyl (C=O) groups is 3. The fraction of sp³-hybridized carbons (Fsp3) is 0.455. The third-order valence-corrected chi connectivity index (χ3v) is 2.07. The van der Waals surface area contributed by atoms with Gasteiger partial charge in [-0.25, -0.2) is 0 Å². The average Bonchev–Trinajstić information content (AvgIpc) is 2.71. The first-order valence-electron chi connectivity index (χ1n) is 5.71. The molecule has 8 nitrogen and oxygen atoms in total. The summed E-state index contributed by atoms with van der Waals surface area (Å²) in [6, 6.07) is 1.57. The zero-order chi connectivity index (χ0) is 14.3. The van der Waals surface area contributed by atoms with E-state index in [1.54, 1.807) is 13.0 Å². The molecule has 0 aromatic carbocycles. The van der Waals surface area contributed by atoms with Crippen LogP contribution in [0.15, 0.2) is 10.6 Å². The van der Waals surface area contributed by atoms with E-state index in [1.807, 2.05) is 0 Å². The van der Waals surface area contributed by atoms with E-state index in [-0.39, 0.29) is 31.3 Å². The van der Waals surface area contributed by atoms with Gasteiger partial charge < -0.3 is 20.5 Å². The lowest BCUT2D eigenvalue weighted by molar-refractivity contribution is -0.124. The summed E-state index contributed by atoms with van der Waals surface area (Å²) in [4.78, 5) is 33.3. The molecule has 1 rings (SSSR count). The van der Waals surface area contributed by atoms with E-state index < -0.39 is 5.91 Å². The zero-order valence-electron chi connectivity index (χ0n) is 10.8. The molecule has 0 saturated heterocycles. The number of aromatic nitrogens is 1. The standard InChI is InChI=1S/C11H16N4O4/c1-7-5-9(15-19-7)14-11(18)6-13-10(17)3-4-12-8(2)16/h5H,3-4,6H2,1-2H3,(H,12,16)(H,13,17)(H,14,15,18). The number of hydrogen-bond acceptors (Lipinski definition) is 5. The summed E-state index contributed by atoms with van der Waals surface area (Å²) in [5, 5.41) is 11.0. The summed E-state index contributed by atoms with van der Waals surface area (Å²) < 4.78 is 4.77. The van der Waals surface area contributed by atoms with Crippen LogP contribution >= 0.6 is 0 Å². The molecule has 0 aliphatic carbocycles. The average molecular weight is 268 g/mol. The van der Waals surface area contributed by atoms with Crippen molar-refractivity contribution in [1.29, 1.82) is 0 Å². The van der Waals surface area contributed by atoms with Crippen molar-refractivity contribution in [2.24, 2.45) is 0 Å². The Balaban J connectivity index is 2.19. The second-order valence-electron chi connectivity index (χ2n) is 3.88. The van der Waals surface area contributed by atoms with Crippen molar-refractivity contribution in [1.82, 2.24) is 15.8 Å². The molecule has 3 amide bonds. The number of anilines is 1. The summed E-state index contributed by atoms with van der Waals surface area (Å²) in [6.45, 7) is 3.15. The van der Waals surface area contributed by atoms with Gasteiger partial charge in [0.1, 0.15) is 5.76 Å². The Morgan fingerprint density at radius 3 is 2.58 bits per heavy atom. The van der Waals surface area contributed by atoms with Crippen molar-refractivity contribution in [2.45, 2.75) is 20.3 Å². The highest BCUT2D eigenvalue weighted by Crippen LogP contribution is 2.06. The third kappa shape index (κ3) is 6.20. The Morgan fingerprint density at radius 2 is 2.00 bits per heavy atom. The van der Waals surface area contributed by atoms with Gasteiger partial charge in [0.25, 0.3) is 0 Å². The molecule has 104 valence electrons. The van der Waals surface area contributed by atoms with Crippen LogP contribution in [0.1, 0.15) is 19.1 Å². The highest BCUT2D eigenvalue weighted by Gasteiger charge is 2.08. The summed E-state index contributed by atoms with van der Waals surface area (Å²) in [6.07, 6.45) is 0.121. The number of nitrogens with zero attached hydrogens (tertiary/aromatic N) is 1. The van der Waals surface area contributed by atoms with Crippen molar-refractivity contribution < 1.29 is 18.9 Å². The Kier molecular flexibility index (Phi) is 5.52. The molecule has 0 atom stereocenters. The van der Waals surface area contributed by atoms with Crippen LogP contribution in [0.3, 0.4) is 0 Å². The first kappa shape index (κ1) is 14.7. The van der Waals surface area contributed by atoms with Gasteiger partial charge in [0, 0.05) is 26.0 Å². The smallest absolute Gasteiger partial charge is 0.245 e. The van der Waals surface area contributed by atoms with Crippen molar-refractivity contribution in [3.05, 3.63) is 11.8 Å². The predicted molar refractivity (Wildman–Crippen MR) is 66.2 cm³/mol. The molecule has 0 saturated carbocycles. The molecule has 8 heteroatoms. The number of hydrogen-bond donors (Lipinski definition) is 3. The number of aryl methyl sites for hydroxylation is 1. The fourth-order valence-electron chi connectivity index (χ4n) is 1.23. The molecule has 0 bridgehead atoms. The van der Waals surface area contributed by atoms with Gasteiger partial charge in [-0.05, 0) is 6.92 Å². The predicted octanol–water partition coefficient (Wildman–Crippen LogP) is -0.436. The maximum Gasteiger partial charge on any atom is 0.245 e. The van der Waals surface area contributed by atoms with Crippen molar-refractivity contribution in [3.8, 4) is 0 Å². The molecule has 0 unspecified atom stereocenters. The zero-order valence-corrected chi connectivity index (χ0v) is 10.8. The second kappa shape index (κ2) is 7.14. The molecule has 19 heavy (non-hydrogen) atoms. The molecule has 0 aliphatic heterocycles. The first-order valence-corrected chi connectivity index (χ1v) is 5.71. The monoisotopic (exact) mass is 268 g/mol. The molecule has 0 spiro atoms. The van der Waals surface area contributed by atoms with Gasteiger partial charge in [-0.15, -0.1) is 0 Å². The molecule has 0 fully saturated rings.